The lowest BCUT2D eigenvalue weighted by molar-refractivity contribution is 0.752. The van der Waals surface area contributed by atoms with Crippen LogP contribution in [0.2, 0.25) is 0 Å². The summed E-state index contributed by atoms with van der Waals surface area (Å²) >= 11 is 0. The molecule has 3 aromatic rings. The van der Waals surface area contributed by atoms with E-state index in [0.29, 0.717) is 11.8 Å². The maximum Gasteiger partial charge on any atom is 0.0349 e. The van der Waals surface area contributed by atoms with Gasteiger partial charge in [-0.3, -0.25) is 0 Å². The Morgan fingerprint density at radius 2 is 0.909 bits per heavy atom. The van der Waals surface area contributed by atoms with Gasteiger partial charge in [0.05, 0.1) is 0 Å². The molecule has 0 nitrogen and oxygen atoms in total. The van der Waals surface area contributed by atoms with Crippen molar-refractivity contribution in [1.82, 2.24) is 0 Å². The highest BCUT2D eigenvalue weighted by Gasteiger charge is 2.40. The van der Waals surface area contributed by atoms with E-state index in [1.54, 1.807) is 0 Å². The second-order valence-electron chi connectivity index (χ2n) is 6.76. The smallest absolute Gasteiger partial charge is 0.0349 e. The van der Waals surface area contributed by atoms with Gasteiger partial charge in [-0.15, -0.1) is 0 Å². The first-order valence-electron chi connectivity index (χ1n) is 8.04. The van der Waals surface area contributed by atoms with Crippen LogP contribution in [0.3, 0.4) is 0 Å². The molecule has 0 fully saturated rings. The molecule has 2 bridgehead atoms. The molecule has 2 atom stereocenters. The summed E-state index contributed by atoms with van der Waals surface area (Å²) in [6.07, 6.45) is 0. The molecule has 0 saturated carbocycles. The Hall–Kier alpha value is -2.34. The fraction of sp³-hybridized carbons (Fsp3) is 0.182. The largest absolute Gasteiger partial charge is 0.0619 e. The number of rotatable bonds is 0. The molecule has 0 spiro atoms. The van der Waals surface area contributed by atoms with Crippen molar-refractivity contribution in [2.45, 2.75) is 25.7 Å². The third kappa shape index (κ3) is 1.42. The predicted octanol–water partition coefficient (Wildman–Crippen LogP) is 5.29. The van der Waals surface area contributed by atoms with E-state index in [1.807, 2.05) is 0 Å². The average Bonchev–Trinajstić information content (AvgIpc) is 2.54. The van der Waals surface area contributed by atoms with Crippen molar-refractivity contribution in [3.05, 3.63) is 105 Å². The molecule has 0 heterocycles. The first kappa shape index (κ1) is 12.2. The summed E-state index contributed by atoms with van der Waals surface area (Å²) < 4.78 is 0. The van der Waals surface area contributed by atoms with Crippen LogP contribution in [0.4, 0.5) is 0 Å². The molecule has 22 heavy (non-hydrogen) atoms. The van der Waals surface area contributed by atoms with Crippen molar-refractivity contribution in [2.75, 3.05) is 0 Å². The first-order chi connectivity index (χ1) is 10.7. The average molecular weight is 282 g/mol. The molecule has 3 aliphatic rings. The molecule has 6 rings (SSSR count). The lowest BCUT2D eigenvalue weighted by Gasteiger charge is -2.42. The number of hydrogen-bond donors (Lipinski definition) is 0. The van der Waals surface area contributed by atoms with Crippen molar-refractivity contribution in [3.63, 3.8) is 0 Å². The maximum absolute atomic E-state index is 2.39. The molecule has 0 aliphatic heterocycles. The van der Waals surface area contributed by atoms with Crippen molar-refractivity contribution >= 4 is 0 Å². The number of benzene rings is 3. The molecule has 0 saturated heterocycles. The van der Waals surface area contributed by atoms with Gasteiger partial charge in [0.15, 0.2) is 0 Å². The highest BCUT2D eigenvalue weighted by molar-refractivity contribution is 5.68. The van der Waals surface area contributed by atoms with Crippen molar-refractivity contribution in [1.29, 1.82) is 0 Å². The Morgan fingerprint density at radius 3 is 1.36 bits per heavy atom. The van der Waals surface area contributed by atoms with Gasteiger partial charge in [0, 0.05) is 11.8 Å². The van der Waals surface area contributed by atoms with E-state index in [0.717, 1.165) is 0 Å². The molecule has 0 amide bonds. The van der Waals surface area contributed by atoms with E-state index in [9.17, 15) is 0 Å². The van der Waals surface area contributed by atoms with Gasteiger partial charge in [-0.2, -0.15) is 0 Å². The number of aryl methyl sites for hydroxylation is 2. The molecule has 0 N–H and O–H groups in total. The highest BCUT2D eigenvalue weighted by atomic mass is 14.4. The summed E-state index contributed by atoms with van der Waals surface area (Å²) in [5, 5.41) is 0. The normalized spacial score (nSPS) is 20.3. The molecule has 0 heteroatoms. The van der Waals surface area contributed by atoms with Crippen LogP contribution in [-0.2, 0) is 0 Å². The summed E-state index contributed by atoms with van der Waals surface area (Å²) in [6.45, 7) is 4.40. The summed E-state index contributed by atoms with van der Waals surface area (Å²) in [6, 6.07) is 23.0. The van der Waals surface area contributed by atoms with Gasteiger partial charge in [0.1, 0.15) is 0 Å². The highest BCUT2D eigenvalue weighted by Crippen LogP contribution is 2.55. The minimum absolute atomic E-state index is 0.409. The third-order valence-electron chi connectivity index (χ3n) is 5.35. The van der Waals surface area contributed by atoms with Crippen LogP contribution >= 0.6 is 0 Å². The first-order valence-corrected chi connectivity index (χ1v) is 8.04. The lowest BCUT2D eigenvalue weighted by Crippen LogP contribution is -2.27. The van der Waals surface area contributed by atoms with Gasteiger partial charge in [0.25, 0.3) is 0 Å². The molecule has 0 radical (unpaired) electrons. The van der Waals surface area contributed by atoms with Crippen LogP contribution in [0.1, 0.15) is 56.3 Å². The fourth-order valence-corrected chi connectivity index (χ4v) is 4.46. The zero-order valence-electron chi connectivity index (χ0n) is 12.9. The molecule has 3 aromatic carbocycles. The molecule has 3 aliphatic carbocycles. The SMILES string of the molecule is Cc1ccc2c(c1)C1c3ccccc3C2c2cc(C)ccc21. The predicted molar refractivity (Wildman–Crippen MR) is 90.7 cm³/mol. The Bertz CT molecular complexity index is 841. The van der Waals surface area contributed by atoms with Crippen LogP contribution in [0.15, 0.2) is 60.7 Å². The van der Waals surface area contributed by atoms with Gasteiger partial charge in [0.2, 0.25) is 0 Å². The standard InChI is InChI=1S/C22H18/c1-13-7-9-17-19(11-13)21-15-5-3-4-6-16(15)22(17)20-12-14(2)8-10-18(20)21/h3-12,21-22H,1-2H3. The van der Waals surface area contributed by atoms with Gasteiger partial charge in [-0.1, -0.05) is 71.8 Å². The Morgan fingerprint density at radius 1 is 0.500 bits per heavy atom. The fourth-order valence-electron chi connectivity index (χ4n) is 4.46. The maximum atomic E-state index is 2.39. The summed E-state index contributed by atoms with van der Waals surface area (Å²) in [7, 11) is 0. The summed E-state index contributed by atoms with van der Waals surface area (Å²) in [5.74, 6) is 0.818. The minimum Gasteiger partial charge on any atom is -0.0619 e. The zero-order valence-corrected chi connectivity index (χ0v) is 12.9. The second kappa shape index (κ2) is 4.10. The topological polar surface area (TPSA) is 0 Å². The van der Waals surface area contributed by atoms with E-state index in [1.165, 1.54) is 44.5 Å². The molecular weight excluding hydrogens is 264 g/mol. The van der Waals surface area contributed by atoms with E-state index < -0.39 is 0 Å². The van der Waals surface area contributed by atoms with Crippen LogP contribution < -0.4 is 0 Å². The summed E-state index contributed by atoms with van der Waals surface area (Å²) in [4.78, 5) is 0. The van der Waals surface area contributed by atoms with Crippen LogP contribution in [0.25, 0.3) is 0 Å². The van der Waals surface area contributed by atoms with E-state index in [4.69, 9.17) is 0 Å². The van der Waals surface area contributed by atoms with E-state index in [-0.39, 0.29) is 0 Å². The quantitative estimate of drug-likeness (QED) is 0.362. The molecule has 106 valence electrons. The van der Waals surface area contributed by atoms with Crippen molar-refractivity contribution in [2.24, 2.45) is 0 Å². The molecular formula is C22H18. The minimum atomic E-state index is 0.409. The van der Waals surface area contributed by atoms with Crippen molar-refractivity contribution < 1.29 is 0 Å². The number of hydrogen-bond acceptors (Lipinski definition) is 0. The Kier molecular flexibility index (Phi) is 2.28. The Balaban J connectivity index is 1.90. The Labute approximate surface area is 131 Å². The third-order valence-corrected chi connectivity index (χ3v) is 5.35. The zero-order chi connectivity index (χ0) is 14.8. The molecule has 0 aromatic heterocycles. The molecule has 2 unspecified atom stereocenters. The van der Waals surface area contributed by atoms with E-state index in [2.05, 4.69) is 74.5 Å². The van der Waals surface area contributed by atoms with Crippen molar-refractivity contribution in [3.8, 4) is 0 Å². The van der Waals surface area contributed by atoms with Crippen LogP contribution in [-0.4, -0.2) is 0 Å². The lowest BCUT2D eigenvalue weighted by atomic mass is 9.61. The monoisotopic (exact) mass is 282 g/mol. The van der Waals surface area contributed by atoms with E-state index >= 15 is 0 Å². The van der Waals surface area contributed by atoms with Gasteiger partial charge >= 0.3 is 0 Å². The van der Waals surface area contributed by atoms with Crippen LogP contribution in [0, 0.1) is 13.8 Å². The van der Waals surface area contributed by atoms with Crippen LogP contribution in [0.5, 0.6) is 0 Å². The van der Waals surface area contributed by atoms with Gasteiger partial charge < -0.3 is 0 Å². The van der Waals surface area contributed by atoms with Gasteiger partial charge in [-0.25, -0.2) is 0 Å². The summed E-state index contributed by atoms with van der Waals surface area (Å²) in [5.41, 5.74) is 11.8. The van der Waals surface area contributed by atoms with Gasteiger partial charge in [-0.05, 0) is 47.2 Å². The second-order valence-corrected chi connectivity index (χ2v) is 6.76.